The molecule has 0 unspecified atom stereocenters. The molecule has 0 aromatic rings. The maximum atomic E-state index is 12.1. The molecule has 1 heterocycles. The van der Waals surface area contributed by atoms with Crippen LogP contribution in [0.25, 0.3) is 0 Å². The van der Waals surface area contributed by atoms with Gasteiger partial charge in [0.15, 0.2) is 0 Å². The van der Waals surface area contributed by atoms with E-state index in [9.17, 15) is 14.7 Å². The van der Waals surface area contributed by atoms with Crippen molar-refractivity contribution in [1.29, 1.82) is 0 Å². The molecule has 2 rings (SSSR count). The summed E-state index contributed by atoms with van der Waals surface area (Å²) in [5.74, 6) is -0.663. The molecular formula is C12H17NO3. The van der Waals surface area contributed by atoms with Crippen LogP contribution in [-0.4, -0.2) is 34.0 Å². The number of nitrogens with zero attached hydrogens (tertiary/aromatic N) is 1. The SMILES string of the molecule is CC(C)(CO)N1C(=O)[C@H]2CC=CC[C@H]2C1=O. The van der Waals surface area contributed by atoms with Crippen LogP contribution < -0.4 is 0 Å². The maximum absolute atomic E-state index is 12.1. The number of hydrogen-bond donors (Lipinski definition) is 1. The number of likely N-dealkylation sites (tertiary alicyclic amines) is 1. The lowest BCUT2D eigenvalue weighted by Crippen LogP contribution is -2.50. The molecule has 1 saturated heterocycles. The van der Waals surface area contributed by atoms with Crippen LogP contribution in [0.15, 0.2) is 12.2 Å². The zero-order valence-electron chi connectivity index (χ0n) is 9.64. The Hall–Kier alpha value is -1.16. The van der Waals surface area contributed by atoms with E-state index in [-0.39, 0.29) is 30.3 Å². The van der Waals surface area contributed by atoms with Crippen molar-refractivity contribution in [3.05, 3.63) is 12.2 Å². The summed E-state index contributed by atoms with van der Waals surface area (Å²) in [6.07, 6.45) is 5.21. The monoisotopic (exact) mass is 223 g/mol. The first-order valence-corrected chi connectivity index (χ1v) is 5.63. The molecule has 1 aliphatic heterocycles. The molecule has 4 nitrogen and oxygen atoms in total. The van der Waals surface area contributed by atoms with Crippen LogP contribution in [0, 0.1) is 11.8 Å². The second-order valence-corrected chi connectivity index (χ2v) is 5.14. The normalized spacial score (nSPS) is 29.8. The molecule has 88 valence electrons. The van der Waals surface area contributed by atoms with Crippen LogP contribution in [0.5, 0.6) is 0 Å². The van der Waals surface area contributed by atoms with Gasteiger partial charge in [-0.3, -0.25) is 14.5 Å². The van der Waals surface area contributed by atoms with Crippen LogP contribution in [-0.2, 0) is 9.59 Å². The molecule has 0 aromatic heterocycles. The minimum Gasteiger partial charge on any atom is -0.394 e. The van der Waals surface area contributed by atoms with Gasteiger partial charge in [-0.15, -0.1) is 0 Å². The smallest absolute Gasteiger partial charge is 0.234 e. The second-order valence-electron chi connectivity index (χ2n) is 5.14. The van der Waals surface area contributed by atoms with Crippen LogP contribution in [0.1, 0.15) is 26.7 Å². The summed E-state index contributed by atoms with van der Waals surface area (Å²) in [7, 11) is 0. The quantitative estimate of drug-likeness (QED) is 0.554. The first-order chi connectivity index (χ1) is 7.49. The summed E-state index contributed by atoms with van der Waals surface area (Å²) in [6.45, 7) is 3.23. The molecular weight excluding hydrogens is 206 g/mol. The second kappa shape index (κ2) is 3.70. The van der Waals surface area contributed by atoms with Gasteiger partial charge in [0, 0.05) is 0 Å². The average molecular weight is 223 g/mol. The molecule has 4 heteroatoms. The highest BCUT2D eigenvalue weighted by Gasteiger charge is 2.51. The molecule has 0 spiro atoms. The van der Waals surface area contributed by atoms with Gasteiger partial charge in [-0.2, -0.15) is 0 Å². The first-order valence-electron chi connectivity index (χ1n) is 5.63. The summed E-state index contributed by atoms with van der Waals surface area (Å²) in [5.41, 5.74) is -0.786. The zero-order valence-corrected chi connectivity index (χ0v) is 9.64. The van der Waals surface area contributed by atoms with Crippen LogP contribution in [0.2, 0.25) is 0 Å². The summed E-state index contributed by atoms with van der Waals surface area (Å²) < 4.78 is 0. The Morgan fingerprint density at radius 2 is 1.69 bits per heavy atom. The lowest BCUT2D eigenvalue weighted by Gasteiger charge is -2.32. The average Bonchev–Trinajstić information content (AvgIpc) is 2.53. The Morgan fingerprint density at radius 1 is 1.25 bits per heavy atom. The first kappa shape index (κ1) is 11.3. The molecule has 2 aliphatic rings. The molecule has 2 atom stereocenters. The maximum Gasteiger partial charge on any atom is 0.234 e. The van der Waals surface area contributed by atoms with Gasteiger partial charge in [0.2, 0.25) is 11.8 Å². The summed E-state index contributed by atoms with van der Waals surface area (Å²) in [5, 5.41) is 9.26. The van der Waals surface area contributed by atoms with E-state index in [1.54, 1.807) is 13.8 Å². The minimum absolute atomic E-state index is 0.126. The summed E-state index contributed by atoms with van der Waals surface area (Å²) in [6, 6.07) is 0. The Morgan fingerprint density at radius 3 is 2.06 bits per heavy atom. The van der Waals surface area contributed by atoms with Crippen molar-refractivity contribution in [3.8, 4) is 0 Å². The Balaban J connectivity index is 2.31. The number of allylic oxidation sites excluding steroid dienone is 2. The molecule has 1 aliphatic carbocycles. The number of carbonyl (C=O) groups is 2. The fourth-order valence-corrected chi connectivity index (χ4v) is 2.47. The number of aliphatic hydroxyl groups excluding tert-OH is 1. The third-order valence-electron chi connectivity index (χ3n) is 3.50. The van der Waals surface area contributed by atoms with Gasteiger partial charge < -0.3 is 5.11 Å². The third-order valence-corrected chi connectivity index (χ3v) is 3.50. The van der Waals surface area contributed by atoms with E-state index in [1.165, 1.54) is 4.90 Å². The van der Waals surface area contributed by atoms with Crippen molar-refractivity contribution in [1.82, 2.24) is 4.90 Å². The highest BCUT2D eigenvalue weighted by atomic mass is 16.3. The third kappa shape index (κ3) is 1.48. The van der Waals surface area contributed by atoms with E-state index in [0.717, 1.165) is 0 Å². The fraction of sp³-hybridized carbons (Fsp3) is 0.667. The molecule has 1 fully saturated rings. The summed E-state index contributed by atoms with van der Waals surface area (Å²) >= 11 is 0. The number of amides is 2. The van der Waals surface area contributed by atoms with Gasteiger partial charge in [0.25, 0.3) is 0 Å². The predicted molar refractivity (Wildman–Crippen MR) is 58.4 cm³/mol. The number of rotatable bonds is 2. The van der Waals surface area contributed by atoms with E-state index in [2.05, 4.69) is 0 Å². The zero-order chi connectivity index (χ0) is 11.9. The van der Waals surface area contributed by atoms with Crippen LogP contribution in [0.3, 0.4) is 0 Å². The lowest BCUT2D eigenvalue weighted by atomic mass is 9.85. The number of fused-ring (bicyclic) bond motifs is 1. The van der Waals surface area contributed by atoms with Crippen molar-refractivity contribution >= 4 is 11.8 Å². The Labute approximate surface area is 94.9 Å². The van der Waals surface area contributed by atoms with E-state index in [0.29, 0.717) is 12.8 Å². The number of aliphatic hydroxyl groups is 1. The predicted octanol–water partition coefficient (Wildman–Crippen LogP) is 0.708. The highest BCUT2D eigenvalue weighted by molar-refractivity contribution is 6.06. The van der Waals surface area contributed by atoms with Gasteiger partial charge in [-0.1, -0.05) is 12.2 Å². The van der Waals surface area contributed by atoms with Crippen LogP contribution >= 0.6 is 0 Å². The van der Waals surface area contributed by atoms with E-state index >= 15 is 0 Å². The number of imide groups is 1. The topological polar surface area (TPSA) is 57.6 Å². The molecule has 2 amide bonds. The fourth-order valence-electron chi connectivity index (χ4n) is 2.47. The van der Waals surface area contributed by atoms with Gasteiger partial charge in [0.1, 0.15) is 0 Å². The largest absolute Gasteiger partial charge is 0.394 e. The molecule has 0 radical (unpaired) electrons. The molecule has 0 bridgehead atoms. The molecule has 0 aromatic carbocycles. The van der Waals surface area contributed by atoms with Crippen LogP contribution in [0.4, 0.5) is 0 Å². The highest BCUT2D eigenvalue weighted by Crippen LogP contribution is 2.38. The van der Waals surface area contributed by atoms with E-state index < -0.39 is 5.54 Å². The van der Waals surface area contributed by atoms with Crippen molar-refractivity contribution in [2.45, 2.75) is 32.2 Å². The molecule has 1 N–H and O–H groups in total. The van der Waals surface area contributed by atoms with Crippen molar-refractivity contribution in [2.24, 2.45) is 11.8 Å². The van der Waals surface area contributed by atoms with Gasteiger partial charge in [0.05, 0.1) is 24.0 Å². The van der Waals surface area contributed by atoms with Crippen molar-refractivity contribution in [2.75, 3.05) is 6.61 Å². The van der Waals surface area contributed by atoms with E-state index in [4.69, 9.17) is 0 Å². The van der Waals surface area contributed by atoms with Crippen molar-refractivity contribution in [3.63, 3.8) is 0 Å². The molecule has 0 saturated carbocycles. The standard InChI is InChI=1S/C12H17NO3/c1-12(2,7-14)13-10(15)8-5-3-4-6-9(8)11(13)16/h3-4,8-9,14H,5-7H2,1-2H3/t8-,9+. The Bertz CT molecular complexity index is 333. The van der Waals surface area contributed by atoms with Gasteiger partial charge in [-0.05, 0) is 26.7 Å². The van der Waals surface area contributed by atoms with E-state index in [1.807, 2.05) is 12.2 Å². The molecule has 16 heavy (non-hydrogen) atoms. The van der Waals surface area contributed by atoms with Gasteiger partial charge in [-0.25, -0.2) is 0 Å². The van der Waals surface area contributed by atoms with Gasteiger partial charge >= 0.3 is 0 Å². The van der Waals surface area contributed by atoms with Crippen molar-refractivity contribution < 1.29 is 14.7 Å². The summed E-state index contributed by atoms with van der Waals surface area (Å²) in [4.78, 5) is 25.5. The lowest BCUT2D eigenvalue weighted by molar-refractivity contribution is -0.147. The minimum atomic E-state index is -0.786. The number of hydrogen-bond acceptors (Lipinski definition) is 3. The Kier molecular flexibility index (Phi) is 2.62. The number of carbonyl (C=O) groups excluding carboxylic acids is 2.